The van der Waals surface area contributed by atoms with Gasteiger partial charge in [-0.05, 0) is 35.6 Å². The SMILES string of the molecule is C=CC1=C(C)c2ccccc2C1CC.CC.CC.CC.CC. The van der Waals surface area contributed by atoms with Crippen LogP contribution in [0.1, 0.15) is 92.7 Å². The molecule has 22 heavy (non-hydrogen) atoms. The van der Waals surface area contributed by atoms with Crippen LogP contribution in [-0.2, 0) is 0 Å². The fourth-order valence-electron chi connectivity index (χ4n) is 2.46. The van der Waals surface area contributed by atoms with E-state index < -0.39 is 0 Å². The molecule has 0 aliphatic heterocycles. The molecule has 0 fully saturated rings. The fraction of sp³-hybridized carbons (Fsp3) is 0.545. The third-order valence-corrected chi connectivity index (χ3v) is 3.18. The molecule has 0 amide bonds. The lowest BCUT2D eigenvalue weighted by molar-refractivity contribution is 0.791. The van der Waals surface area contributed by atoms with E-state index in [4.69, 9.17) is 0 Å². The Morgan fingerprint density at radius 3 is 1.77 bits per heavy atom. The van der Waals surface area contributed by atoms with Gasteiger partial charge in [0.2, 0.25) is 0 Å². The lowest BCUT2D eigenvalue weighted by Gasteiger charge is -2.10. The number of fused-ring (bicyclic) bond motifs is 1. The smallest absolute Gasteiger partial charge is 0.00953 e. The van der Waals surface area contributed by atoms with E-state index in [-0.39, 0.29) is 0 Å². The minimum absolute atomic E-state index is 0.573. The second kappa shape index (κ2) is 17.8. The largest absolute Gasteiger partial charge is 0.0988 e. The average Bonchev–Trinajstić information content (AvgIpc) is 2.93. The molecule has 0 spiro atoms. The van der Waals surface area contributed by atoms with Gasteiger partial charge in [-0.25, -0.2) is 0 Å². The first-order chi connectivity index (χ1) is 10.8. The van der Waals surface area contributed by atoms with Gasteiger partial charge in [0.15, 0.2) is 0 Å². The highest BCUT2D eigenvalue weighted by Crippen LogP contribution is 2.43. The standard InChI is InChI=1S/C14H16.4C2H6/c1-4-11-10(3)13-8-6-7-9-14(13)12(11)5-2;4*1-2/h4,6-9,12H,1,5H2,2-3H3;4*1-2H3. The third kappa shape index (κ3) is 6.64. The van der Waals surface area contributed by atoms with Gasteiger partial charge in [0.05, 0.1) is 0 Å². The normalized spacial score (nSPS) is 13.6. The minimum Gasteiger partial charge on any atom is -0.0988 e. The maximum absolute atomic E-state index is 3.92. The molecule has 1 unspecified atom stereocenters. The zero-order chi connectivity index (χ0) is 18.1. The molecule has 1 aliphatic rings. The Morgan fingerprint density at radius 1 is 0.909 bits per heavy atom. The Balaban J connectivity index is -0.000000394. The molecule has 1 aliphatic carbocycles. The average molecular weight is 305 g/mol. The maximum atomic E-state index is 3.92. The zero-order valence-electron chi connectivity index (χ0n) is 16.9. The topological polar surface area (TPSA) is 0 Å². The van der Waals surface area contributed by atoms with Crippen molar-refractivity contribution in [1.29, 1.82) is 0 Å². The Morgan fingerprint density at radius 2 is 1.36 bits per heavy atom. The number of allylic oxidation sites excluding steroid dienone is 3. The summed E-state index contributed by atoms with van der Waals surface area (Å²) >= 11 is 0. The van der Waals surface area contributed by atoms with Crippen molar-refractivity contribution in [2.45, 2.75) is 81.6 Å². The minimum atomic E-state index is 0.573. The molecule has 0 heterocycles. The zero-order valence-corrected chi connectivity index (χ0v) is 16.9. The van der Waals surface area contributed by atoms with Crippen LogP contribution in [0.4, 0.5) is 0 Å². The molecule has 0 saturated carbocycles. The van der Waals surface area contributed by atoms with Crippen molar-refractivity contribution in [3.05, 3.63) is 53.6 Å². The third-order valence-electron chi connectivity index (χ3n) is 3.18. The summed E-state index contributed by atoms with van der Waals surface area (Å²) in [5, 5.41) is 0. The van der Waals surface area contributed by atoms with Crippen LogP contribution in [0.5, 0.6) is 0 Å². The van der Waals surface area contributed by atoms with Crippen molar-refractivity contribution in [2.75, 3.05) is 0 Å². The molecule has 1 aromatic rings. The van der Waals surface area contributed by atoms with E-state index in [9.17, 15) is 0 Å². The molecule has 0 aromatic heterocycles. The van der Waals surface area contributed by atoms with Crippen molar-refractivity contribution >= 4 is 5.57 Å². The van der Waals surface area contributed by atoms with E-state index in [1.54, 1.807) is 0 Å². The van der Waals surface area contributed by atoms with Crippen LogP contribution in [0.15, 0.2) is 42.5 Å². The van der Waals surface area contributed by atoms with Crippen molar-refractivity contribution in [1.82, 2.24) is 0 Å². The quantitative estimate of drug-likeness (QED) is 0.516. The van der Waals surface area contributed by atoms with E-state index in [0.29, 0.717) is 5.92 Å². The molecule has 0 heteroatoms. The van der Waals surface area contributed by atoms with E-state index in [2.05, 4.69) is 44.7 Å². The molecular formula is C22H40. The van der Waals surface area contributed by atoms with Crippen LogP contribution in [0, 0.1) is 0 Å². The van der Waals surface area contributed by atoms with Crippen LogP contribution in [0.3, 0.4) is 0 Å². The van der Waals surface area contributed by atoms with E-state index in [1.807, 2.05) is 61.5 Å². The summed E-state index contributed by atoms with van der Waals surface area (Å²) in [4.78, 5) is 0. The van der Waals surface area contributed by atoms with Crippen molar-refractivity contribution < 1.29 is 0 Å². The van der Waals surface area contributed by atoms with Gasteiger partial charge in [0.25, 0.3) is 0 Å². The molecule has 0 bridgehead atoms. The van der Waals surface area contributed by atoms with Crippen LogP contribution >= 0.6 is 0 Å². The van der Waals surface area contributed by atoms with E-state index in [0.717, 1.165) is 6.42 Å². The molecule has 0 nitrogen and oxygen atoms in total. The van der Waals surface area contributed by atoms with Crippen molar-refractivity contribution in [2.24, 2.45) is 0 Å². The monoisotopic (exact) mass is 304 g/mol. The molecule has 0 N–H and O–H groups in total. The molecule has 0 saturated heterocycles. The second-order valence-electron chi connectivity index (χ2n) is 3.83. The van der Waals surface area contributed by atoms with Gasteiger partial charge in [-0.1, -0.05) is 99.2 Å². The molecule has 0 radical (unpaired) electrons. The molecular weight excluding hydrogens is 264 g/mol. The van der Waals surface area contributed by atoms with Gasteiger partial charge in [0.1, 0.15) is 0 Å². The molecule has 2 rings (SSSR count). The Hall–Kier alpha value is -1.30. The highest BCUT2D eigenvalue weighted by Gasteiger charge is 2.25. The number of hydrogen-bond acceptors (Lipinski definition) is 0. The highest BCUT2D eigenvalue weighted by atomic mass is 14.3. The Kier molecular flexibility index (Phi) is 20.7. The first-order valence-electron chi connectivity index (χ1n) is 9.22. The fourth-order valence-corrected chi connectivity index (χ4v) is 2.46. The summed E-state index contributed by atoms with van der Waals surface area (Å²) < 4.78 is 0. The highest BCUT2D eigenvalue weighted by molar-refractivity contribution is 5.78. The van der Waals surface area contributed by atoms with Crippen molar-refractivity contribution in [3.8, 4) is 0 Å². The molecule has 1 atom stereocenters. The van der Waals surface area contributed by atoms with Crippen molar-refractivity contribution in [3.63, 3.8) is 0 Å². The first kappa shape index (κ1) is 25.6. The van der Waals surface area contributed by atoms with Crippen LogP contribution < -0.4 is 0 Å². The lowest BCUT2D eigenvalue weighted by Crippen LogP contribution is -1.94. The summed E-state index contributed by atoms with van der Waals surface area (Å²) in [5.74, 6) is 0.573. The van der Waals surface area contributed by atoms with Crippen LogP contribution in [0.2, 0.25) is 0 Å². The Bertz CT molecular complexity index is 396. The van der Waals surface area contributed by atoms with E-state index >= 15 is 0 Å². The summed E-state index contributed by atoms with van der Waals surface area (Å²) in [5.41, 5.74) is 5.70. The van der Waals surface area contributed by atoms with Gasteiger partial charge in [-0.3, -0.25) is 0 Å². The first-order valence-corrected chi connectivity index (χ1v) is 9.22. The molecule has 1 aromatic carbocycles. The van der Waals surface area contributed by atoms with Gasteiger partial charge in [-0.15, -0.1) is 0 Å². The summed E-state index contributed by atoms with van der Waals surface area (Å²) in [6, 6.07) is 8.69. The summed E-state index contributed by atoms with van der Waals surface area (Å²) in [6.45, 7) is 24.4. The van der Waals surface area contributed by atoms with E-state index in [1.165, 1.54) is 22.3 Å². The molecule has 128 valence electrons. The predicted molar refractivity (Wildman–Crippen MR) is 108 cm³/mol. The summed E-state index contributed by atoms with van der Waals surface area (Å²) in [6.07, 6.45) is 3.18. The van der Waals surface area contributed by atoms with Gasteiger partial charge < -0.3 is 0 Å². The van der Waals surface area contributed by atoms with Gasteiger partial charge in [-0.2, -0.15) is 0 Å². The van der Waals surface area contributed by atoms with Crippen LogP contribution in [-0.4, -0.2) is 0 Å². The number of rotatable bonds is 2. The van der Waals surface area contributed by atoms with Crippen LogP contribution in [0.25, 0.3) is 5.57 Å². The Labute approximate surface area is 141 Å². The van der Waals surface area contributed by atoms with Gasteiger partial charge in [0, 0.05) is 5.92 Å². The lowest BCUT2D eigenvalue weighted by atomic mass is 9.93. The predicted octanol–water partition coefficient (Wildman–Crippen LogP) is 8.26. The van der Waals surface area contributed by atoms with Gasteiger partial charge >= 0.3 is 0 Å². The summed E-state index contributed by atoms with van der Waals surface area (Å²) in [7, 11) is 0. The number of hydrogen-bond donors (Lipinski definition) is 0. The number of benzene rings is 1. The second-order valence-corrected chi connectivity index (χ2v) is 3.83. The maximum Gasteiger partial charge on any atom is 0.00953 e.